The average molecular weight is 500 g/mol. The predicted octanol–water partition coefficient (Wildman–Crippen LogP) is 8.87. The van der Waals surface area contributed by atoms with Gasteiger partial charge in [0.25, 0.3) is 8.32 Å². The summed E-state index contributed by atoms with van der Waals surface area (Å²) >= 11 is 3.98. The molecule has 1 nitrogen and oxygen atoms in total. The van der Waals surface area contributed by atoms with Gasteiger partial charge in [-0.15, -0.1) is 0 Å². The highest BCUT2D eigenvalue weighted by molar-refractivity contribution is 9.10. The van der Waals surface area contributed by atoms with Gasteiger partial charge in [0.05, 0.1) is 4.47 Å². The molecule has 4 rings (SSSR count). The first-order chi connectivity index (χ1) is 14.5. The summed E-state index contributed by atoms with van der Waals surface area (Å²) in [6, 6.07) is 4.84. The van der Waals surface area contributed by atoms with Gasteiger partial charge < -0.3 is 4.43 Å². The SMILES string of the molecule is Cc1cc2c(c(-c3c4c(cc(Br)c3O[Si](C)(C)C(C)(C)C)CCCC4)c1C)CCCC2. The Bertz CT molecular complexity index is 1010. The minimum absolute atomic E-state index is 0.167. The van der Waals surface area contributed by atoms with E-state index in [-0.39, 0.29) is 5.04 Å². The van der Waals surface area contributed by atoms with Gasteiger partial charge in [-0.2, -0.15) is 0 Å². The van der Waals surface area contributed by atoms with Crippen LogP contribution in [0.15, 0.2) is 16.6 Å². The van der Waals surface area contributed by atoms with Gasteiger partial charge in [-0.05, 0) is 144 Å². The molecule has 2 aromatic rings. The van der Waals surface area contributed by atoms with Crippen LogP contribution in [0.5, 0.6) is 5.75 Å². The van der Waals surface area contributed by atoms with Crippen molar-refractivity contribution in [3.05, 3.63) is 50.0 Å². The molecule has 0 fully saturated rings. The van der Waals surface area contributed by atoms with Crippen LogP contribution in [0, 0.1) is 13.8 Å². The Hall–Kier alpha value is -1.06. The monoisotopic (exact) mass is 498 g/mol. The normalized spacial score (nSPS) is 16.6. The molecule has 0 heterocycles. The van der Waals surface area contributed by atoms with Gasteiger partial charge in [0.2, 0.25) is 0 Å². The summed E-state index contributed by atoms with van der Waals surface area (Å²) < 4.78 is 8.28. The lowest BCUT2D eigenvalue weighted by molar-refractivity contribution is 0.489. The van der Waals surface area contributed by atoms with E-state index in [1.54, 1.807) is 16.7 Å². The second-order valence-electron chi connectivity index (χ2n) is 11.3. The summed E-state index contributed by atoms with van der Waals surface area (Å²) in [5, 5.41) is 0.167. The fourth-order valence-electron chi connectivity index (χ4n) is 5.13. The molecule has 0 saturated heterocycles. The van der Waals surface area contributed by atoms with E-state index in [1.165, 1.54) is 79.2 Å². The molecule has 0 unspecified atom stereocenters. The Morgan fingerprint density at radius 2 is 1.32 bits per heavy atom. The van der Waals surface area contributed by atoms with Crippen LogP contribution in [-0.2, 0) is 25.7 Å². The Morgan fingerprint density at radius 3 is 1.90 bits per heavy atom. The molecule has 2 aliphatic carbocycles. The Kier molecular flexibility index (Phi) is 6.24. The fourth-order valence-corrected chi connectivity index (χ4v) is 6.86. The van der Waals surface area contributed by atoms with E-state index in [0.29, 0.717) is 0 Å². The molecular weight excluding hydrogens is 460 g/mol. The Labute approximate surface area is 199 Å². The fraction of sp³-hybridized carbons (Fsp3) is 0.571. The maximum atomic E-state index is 7.13. The van der Waals surface area contributed by atoms with Crippen molar-refractivity contribution in [2.75, 3.05) is 0 Å². The van der Waals surface area contributed by atoms with Gasteiger partial charge in [0.1, 0.15) is 5.75 Å². The first-order valence-electron chi connectivity index (χ1n) is 12.2. The van der Waals surface area contributed by atoms with Gasteiger partial charge in [0.15, 0.2) is 0 Å². The largest absolute Gasteiger partial charge is 0.542 e. The molecule has 2 aromatic carbocycles. The summed E-state index contributed by atoms with van der Waals surface area (Å²) in [7, 11) is -1.98. The highest BCUT2D eigenvalue weighted by Crippen LogP contribution is 2.50. The van der Waals surface area contributed by atoms with Crippen molar-refractivity contribution in [2.24, 2.45) is 0 Å². The number of aryl methyl sites for hydroxylation is 3. The molecule has 0 amide bonds. The highest BCUT2D eigenvalue weighted by atomic mass is 79.9. The van der Waals surface area contributed by atoms with Crippen LogP contribution in [0.1, 0.15) is 79.8 Å². The summed E-state index contributed by atoms with van der Waals surface area (Å²) in [5.74, 6) is 1.12. The Balaban J connectivity index is 2.04. The molecule has 168 valence electrons. The number of hydrogen-bond acceptors (Lipinski definition) is 1. The first-order valence-corrected chi connectivity index (χ1v) is 15.9. The van der Waals surface area contributed by atoms with E-state index in [9.17, 15) is 0 Å². The van der Waals surface area contributed by atoms with Gasteiger partial charge in [-0.1, -0.05) is 26.8 Å². The molecule has 0 radical (unpaired) electrons. The van der Waals surface area contributed by atoms with Gasteiger partial charge >= 0.3 is 0 Å². The lowest BCUT2D eigenvalue weighted by atomic mass is 9.78. The quantitative estimate of drug-likeness (QED) is 0.383. The number of benzene rings is 2. The van der Waals surface area contributed by atoms with E-state index in [4.69, 9.17) is 4.43 Å². The standard InChI is InChI=1S/C28H39BrOSi/c1-18-16-20-12-8-10-14-22(20)25(19(18)2)26-23-15-11-9-13-21(23)17-24(29)27(26)30-31(6,7)28(3,4)5/h16-17H,8-15H2,1-7H3. The highest BCUT2D eigenvalue weighted by Gasteiger charge is 2.40. The van der Waals surface area contributed by atoms with Crippen LogP contribution in [0.4, 0.5) is 0 Å². The first kappa shape index (κ1) is 23.1. The molecule has 3 heteroatoms. The zero-order valence-electron chi connectivity index (χ0n) is 20.6. The second kappa shape index (κ2) is 8.37. The van der Waals surface area contributed by atoms with Crippen molar-refractivity contribution in [2.45, 2.75) is 104 Å². The van der Waals surface area contributed by atoms with E-state index >= 15 is 0 Å². The van der Waals surface area contributed by atoms with Crippen LogP contribution in [0.2, 0.25) is 18.1 Å². The zero-order valence-corrected chi connectivity index (χ0v) is 23.2. The molecular formula is C28H39BrOSi. The summed E-state index contributed by atoms with van der Waals surface area (Å²) in [4.78, 5) is 0. The van der Waals surface area contributed by atoms with Crippen molar-refractivity contribution in [1.82, 2.24) is 0 Å². The molecule has 0 spiro atoms. The van der Waals surface area contributed by atoms with Crippen LogP contribution in [0.25, 0.3) is 11.1 Å². The third kappa shape index (κ3) is 4.17. The average Bonchev–Trinajstić information content (AvgIpc) is 2.69. The molecule has 0 saturated carbocycles. The van der Waals surface area contributed by atoms with Crippen molar-refractivity contribution in [3.8, 4) is 16.9 Å². The van der Waals surface area contributed by atoms with E-state index < -0.39 is 8.32 Å². The van der Waals surface area contributed by atoms with Crippen molar-refractivity contribution < 1.29 is 4.43 Å². The number of hydrogen-bond donors (Lipinski definition) is 0. The van der Waals surface area contributed by atoms with E-state index in [2.05, 4.69) is 75.8 Å². The smallest absolute Gasteiger partial charge is 0.250 e. The van der Waals surface area contributed by atoms with Gasteiger partial charge in [-0.25, -0.2) is 0 Å². The minimum Gasteiger partial charge on any atom is -0.542 e. The molecule has 31 heavy (non-hydrogen) atoms. The van der Waals surface area contributed by atoms with Crippen molar-refractivity contribution >= 4 is 24.2 Å². The molecule has 0 aliphatic heterocycles. The summed E-state index contributed by atoms with van der Waals surface area (Å²) in [6.45, 7) is 16.4. The van der Waals surface area contributed by atoms with Crippen molar-refractivity contribution in [3.63, 3.8) is 0 Å². The minimum atomic E-state index is -1.98. The van der Waals surface area contributed by atoms with E-state index in [0.717, 1.165) is 10.2 Å². The lowest BCUT2D eigenvalue weighted by Gasteiger charge is -2.38. The molecule has 0 N–H and O–H groups in total. The van der Waals surface area contributed by atoms with Crippen LogP contribution < -0.4 is 4.43 Å². The lowest BCUT2D eigenvalue weighted by Crippen LogP contribution is -2.44. The topological polar surface area (TPSA) is 9.23 Å². The zero-order chi connectivity index (χ0) is 22.6. The number of halogens is 1. The third-order valence-electron chi connectivity index (χ3n) is 8.14. The second-order valence-corrected chi connectivity index (χ2v) is 16.9. The number of rotatable bonds is 3. The Morgan fingerprint density at radius 1 is 0.806 bits per heavy atom. The molecule has 0 aromatic heterocycles. The summed E-state index contributed by atoms with van der Waals surface area (Å²) in [5.41, 5.74) is 12.1. The van der Waals surface area contributed by atoms with Gasteiger partial charge in [0, 0.05) is 5.56 Å². The molecule has 2 aliphatic rings. The van der Waals surface area contributed by atoms with Crippen LogP contribution >= 0.6 is 15.9 Å². The summed E-state index contributed by atoms with van der Waals surface area (Å²) in [6.07, 6.45) is 9.99. The number of fused-ring (bicyclic) bond motifs is 2. The maximum absolute atomic E-state index is 7.13. The van der Waals surface area contributed by atoms with Crippen LogP contribution in [0.3, 0.4) is 0 Å². The maximum Gasteiger partial charge on any atom is 0.250 e. The van der Waals surface area contributed by atoms with E-state index in [1.807, 2.05) is 0 Å². The van der Waals surface area contributed by atoms with Gasteiger partial charge in [-0.3, -0.25) is 0 Å². The van der Waals surface area contributed by atoms with Crippen molar-refractivity contribution in [1.29, 1.82) is 0 Å². The van der Waals surface area contributed by atoms with Crippen LogP contribution in [-0.4, -0.2) is 8.32 Å². The predicted molar refractivity (Wildman–Crippen MR) is 140 cm³/mol. The molecule has 0 atom stereocenters. The third-order valence-corrected chi connectivity index (χ3v) is 13.1. The molecule has 0 bridgehead atoms.